The number of rotatable bonds is 9. The molecule has 0 saturated carbocycles. The molecule has 12 heteroatoms. The maximum absolute atomic E-state index is 13.0. The lowest BCUT2D eigenvalue weighted by atomic mass is 9.91. The molecule has 0 bridgehead atoms. The number of halogens is 3. The van der Waals surface area contributed by atoms with E-state index in [2.05, 4.69) is 15.4 Å². The van der Waals surface area contributed by atoms with Crippen LogP contribution in [0.1, 0.15) is 38.8 Å². The Hall–Kier alpha value is -3.80. The van der Waals surface area contributed by atoms with Crippen molar-refractivity contribution in [1.29, 1.82) is 0 Å². The second kappa shape index (κ2) is 11.5. The molecule has 0 aromatic heterocycles. The van der Waals surface area contributed by atoms with E-state index in [0.29, 0.717) is 5.56 Å². The van der Waals surface area contributed by atoms with Crippen molar-refractivity contribution in [3.63, 3.8) is 0 Å². The highest BCUT2D eigenvalue weighted by atomic mass is 19.4. The van der Waals surface area contributed by atoms with Crippen molar-refractivity contribution in [2.45, 2.75) is 63.8 Å². The average Bonchev–Trinajstić information content (AvgIpc) is 2.76. The maximum Gasteiger partial charge on any atom is 0.573 e. The number of alkyl carbamates (subject to hydrolysis) is 1. The molecule has 2 amide bonds. The van der Waals surface area contributed by atoms with E-state index in [1.54, 1.807) is 51.1 Å². The van der Waals surface area contributed by atoms with Gasteiger partial charge >= 0.3 is 18.4 Å². The van der Waals surface area contributed by atoms with Crippen molar-refractivity contribution in [2.75, 3.05) is 0 Å². The van der Waals surface area contributed by atoms with Crippen molar-refractivity contribution in [1.82, 2.24) is 10.6 Å². The van der Waals surface area contributed by atoms with Crippen molar-refractivity contribution >= 4 is 18.0 Å². The normalized spacial score (nSPS) is 15.0. The number of amides is 2. The number of carboxylic acids is 1. The molecule has 4 N–H and O–H groups in total. The fourth-order valence-electron chi connectivity index (χ4n) is 3.32. The van der Waals surface area contributed by atoms with Crippen LogP contribution in [-0.4, -0.2) is 52.3 Å². The monoisotopic (exact) mass is 526 g/mol. The maximum atomic E-state index is 13.0. The lowest BCUT2D eigenvalue weighted by Gasteiger charge is -2.31. The smallest absolute Gasteiger partial charge is 0.479 e. The van der Waals surface area contributed by atoms with Gasteiger partial charge in [0.05, 0.1) is 6.04 Å². The Morgan fingerprint density at radius 2 is 1.59 bits per heavy atom. The number of hydrogen-bond acceptors (Lipinski definition) is 6. The summed E-state index contributed by atoms with van der Waals surface area (Å²) in [6, 6.07) is 11.4. The topological polar surface area (TPSA) is 134 Å². The summed E-state index contributed by atoms with van der Waals surface area (Å²) in [6.07, 6.45) is -7.91. The van der Waals surface area contributed by atoms with Gasteiger partial charge < -0.3 is 30.3 Å². The van der Waals surface area contributed by atoms with Gasteiger partial charge in [-0.05, 0) is 57.4 Å². The number of hydrogen-bond donors (Lipinski definition) is 4. The molecule has 0 spiro atoms. The van der Waals surface area contributed by atoms with Crippen LogP contribution in [0.3, 0.4) is 0 Å². The van der Waals surface area contributed by atoms with Crippen molar-refractivity contribution in [2.24, 2.45) is 0 Å². The van der Waals surface area contributed by atoms with E-state index in [9.17, 15) is 37.8 Å². The minimum atomic E-state index is -5.02. The summed E-state index contributed by atoms with van der Waals surface area (Å²) >= 11 is 0. The number of nitrogens with one attached hydrogen (secondary N) is 2. The number of aliphatic hydroxyl groups excluding tert-OH is 1. The number of carbonyl (C=O) groups excluding carboxylic acids is 2. The van der Waals surface area contributed by atoms with Crippen molar-refractivity contribution in [3.05, 3.63) is 65.7 Å². The third-order valence-corrected chi connectivity index (χ3v) is 5.10. The van der Waals surface area contributed by atoms with Gasteiger partial charge in [0.2, 0.25) is 0 Å². The molecule has 0 fully saturated rings. The highest BCUT2D eigenvalue weighted by molar-refractivity contribution is 5.90. The molecule has 0 saturated heterocycles. The summed E-state index contributed by atoms with van der Waals surface area (Å²) in [6.45, 7) is 5.91. The van der Waals surface area contributed by atoms with E-state index in [0.717, 1.165) is 25.1 Å². The summed E-state index contributed by atoms with van der Waals surface area (Å²) in [5.74, 6) is -3.50. The van der Waals surface area contributed by atoms with E-state index < -0.39 is 53.4 Å². The molecule has 9 nitrogen and oxygen atoms in total. The zero-order chi connectivity index (χ0) is 28.0. The summed E-state index contributed by atoms with van der Waals surface area (Å²) in [4.78, 5) is 37.5. The molecule has 202 valence electrons. The van der Waals surface area contributed by atoms with Gasteiger partial charge in [-0.2, -0.15) is 0 Å². The van der Waals surface area contributed by atoms with Crippen LogP contribution in [0.4, 0.5) is 18.0 Å². The minimum absolute atomic E-state index is 0.0205. The molecule has 2 rings (SSSR count). The Kier molecular flexibility index (Phi) is 9.15. The quantitative estimate of drug-likeness (QED) is 0.393. The molecule has 2 aromatic rings. The number of carboxylic acid groups (broad SMARTS) is 1. The van der Waals surface area contributed by atoms with Crippen LogP contribution in [0, 0.1) is 0 Å². The lowest BCUT2D eigenvalue weighted by molar-refractivity contribution is -0.274. The van der Waals surface area contributed by atoms with Crippen molar-refractivity contribution < 1.29 is 47.2 Å². The lowest BCUT2D eigenvalue weighted by Crippen LogP contribution is -2.58. The zero-order valence-electron chi connectivity index (χ0n) is 20.6. The highest BCUT2D eigenvalue weighted by Crippen LogP contribution is 2.29. The van der Waals surface area contributed by atoms with E-state index in [-0.39, 0.29) is 12.0 Å². The van der Waals surface area contributed by atoms with Gasteiger partial charge in [0.15, 0.2) is 11.6 Å². The van der Waals surface area contributed by atoms with Gasteiger partial charge in [-0.15, -0.1) is 13.2 Å². The second-order valence-corrected chi connectivity index (χ2v) is 9.38. The van der Waals surface area contributed by atoms with Crippen LogP contribution in [0.5, 0.6) is 5.75 Å². The molecule has 0 radical (unpaired) electrons. The van der Waals surface area contributed by atoms with Gasteiger partial charge in [-0.25, -0.2) is 9.59 Å². The fourth-order valence-corrected chi connectivity index (χ4v) is 3.32. The fraction of sp³-hybridized carbons (Fsp3) is 0.400. The Balaban J connectivity index is 2.32. The SMILES string of the molecule is CC(C)(C)OC(=O)N[C@H](Cc1ccccc1)[C@H](O)C(=O)N[C@@](C)(C(=O)O)c1cccc(OC(F)(F)F)c1. The molecule has 0 aliphatic carbocycles. The Bertz CT molecular complexity index is 1100. The Morgan fingerprint density at radius 3 is 2.14 bits per heavy atom. The second-order valence-electron chi connectivity index (χ2n) is 9.38. The minimum Gasteiger partial charge on any atom is -0.479 e. The Morgan fingerprint density at radius 1 is 0.973 bits per heavy atom. The molecule has 0 aliphatic heterocycles. The van der Waals surface area contributed by atoms with Crippen LogP contribution in [0.2, 0.25) is 0 Å². The van der Waals surface area contributed by atoms with E-state index in [4.69, 9.17) is 4.74 Å². The summed E-state index contributed by atoms with van der Waals surface area (Å²) in [5, 5.41) is 25.3. The third-order valence-electron chi connectivity index (χ3n) is 5.10. The van der Waals surface area contributed by atoms with Gasteiger partial charge in [0.25, 0.3) is 5.91 Å². The van der Waals surface area contributed by atoms with Crippen LogP contribution in [0.15, 0.2) is 54.6 Å². The van der Waals surface area contributed by atoms with E-state index in [1.165, 1.54) is 6.07 Å². The number of ether oxygens (including phenoxy) is 2. The van der Waals surface area contributed by atoms with Gasteiger partial charge in [-0.1, -0.05) is 42.5 Å². The van der Waals surface area contributed by atoms with Crippen LogP contribution in [0.25, 0.3) is 0 Å². The summed E-state index contributed by atoms with van der Waals surface area (Å²) < 4.78 is 46.9. The molecule has 0 unspecified atom stereocenters. The first-order valence-corrected chi connectivity index (χ1v) is 11.1. The average molecular weight is 527 g/mol. The molecular weight excluding hydrogens is 497 g/mol. The number of alkyl halides is 3. The van der Waals surface area contributed by atoms with Crippen molar-refractivity contribution in [3.8, 4) is 5.75 Å². The largest absolute Gasteiger partial charge is 0.573 e. The molecule has 3 atom stereocenters. The zero-order valence-corrected chi connectivity index (χ0v) is 20.6. The molecule has 2 aromatic carbocycles. The van der Waals surface area contributed by atoms with E-state index >= 15 is 0 Å². The predicted molar refractivity (Wildman–Crippen MR) is 126 cm³/mol. The molecule has 37 heavy (non-hydrogen) atoms. The number of carbonyl (C=O) groups is 3. The summed E-state index contributed by atoms with van der Waals surface area (Å²) in [5.41, 5.74) is -2.73. The van der Waals surface area contributed by atoms with Crippen LogP contribution >= 0.6 is 0 Å². The first kappa shape index (κ1) is 29.4. The highest BCUT2D eigenvalue weighted by Gasteiger charge is 2.41. The van der Waals surface area contributed by atoms with Gasteiger partial charge in [0.1, 0.15) is 11.4 Å². The van der Waals surface area contributed by atoms with Crippen LogP contribution < -0.4 is 15.4 Å². The predicted octanol–water partition coefficient (Wildman–Crippen LogP) is 3.50. The standard InChI is InChI=1S/C25H29F3N2O7/c1-23(2,3)37-22(35)29-18(13-15-9-6-5-7-10-15)19(31)20(32)30-24(4,21(33)34)16-11-8-12-17(14-16)36-25(26,27)28/h5-12,14,18-19,31H,13H2,1-4H3,(H,29,35)(H,30,32)(H,33,34)/t18-,19+,24-/m1/s1. The first-order chi connectivity index (χ1) is 17.0. The number of aliphatic carboxylic acids is 1. The first-order valence-electron chi connectivity index (χ1n) is 11.1. The molecule has 0 heterocycles. The Labute approximate surface area is 211 Å². The molecule has 0 aliphatic rings. The number of aliphatic hydroxyl groups is 1. The van der Waals surface area contributed by atoms with Gasteiger partial charge in [-0.3, -0.25) is 4.79 Å². The van der Waals surface area contributed by atoms with Crippen LogP contribution in [-0.2, 0) is 26.3 Å². The number of benzene rings is 2. The van der Waals surface area contributed by atoms with Gasteiger partial charge in [0, 0.05) is 0 Å². The van der Waals surface area contributed by atoms with E-state index in [1.807, 2.05) is 0 Å². The molecular formula is C25H29F3N2O7. The summed E-state index contributed by atoms with van der Waals surface area (Å²) in [7, 11) is 0. The third kappa shape index (κ3) is 8.98.